The number of ether oxygens (including phenoxy) is 1. The van der Waals surface area contributed by atoms with Crippen LogP contribution in [0.3, 0.4) is 0 Å². The molecule has 92 valence electrons. The van der Waals surface area contributed by atoms with E-state index in [2.05, 4.69) is 28.8 Å². The molecule has 2 N–H and O–H groups in total. The minimum atomic E-state index is 0.394. The van der Waals surface area contributed by atoms with Crippen molar-refractivity contribution in [1.29, 1.82) is 0 Å². The molecule has 0 atom stereocenters. The molecular formula is C14H20N2O. The fraction of sp³-hybridized carbons (Fsp3) is 0.571. The topological polar surface area (TPSA) is 33.3 Å². The first-order valence-electron chi connectivity index (χ1n) is 6.66. The van der Waals surface area contributed by atoms with E-state index in [0.717, 1.165) is 38.2 Å². The standard InChI is InChI=1S/C14H20N2O/c1-2-11-10-13(3-4-14(11)16-7-1)17-12-5-8-15-9-6-12/h3-4,10,12,15-16H,1-2,5-9H2. The van der Waals surface area contributed by atoms with Gasteiger partial charge < -0.3 is 15.4 Å². The Morgan fingerprint density at radius 3 is 2.88 bits per heavy atom. The zero-order chi connectivity index (χ0) is 11.5. The fourth-order valence-electron chi connectivity index (χ4n) is 2.63. The summed E-state index contributed by atoms with van der Waals surface area (Å²) in [7, 11) is 0. The molecule has 1 fully saturated rings. The predicted octanol–water partition coefficient (Wildman–Crippen LogP) is 2.18. The van der Waals surface area contributed by atoms with E-state index in [1.54, 1.807) is 0 Å². The molecule has 3 heteroatoms. The molecule has 0 aromatic heterocycles. The number of rotatable bonds is 2. The molecule has 3 rings (SSSR count). The Morgan fingerprint density at radius 1 is 1.12 bits per heavy atom. The predicted molar refractivity (Wildman–Crippen MR) is 69.8 cm³/mol. The van der Waals surface area contributed by atoms with Gasteiger partial charge in [0.05, 0.1) is 0 Å². The van der Waals surface area contributed by atoms with E-state index in [9.17, 15) is 0 Å². The highest BCUT2D eigenvalue weighted by molar-refractivity contribution is 5.55. The van der Waals surface area contributed by atoms with Gasteiger partial charge in [-0.15, -0.1) is 0 Å². The lowest BCUT2D eigenvalue weighted by molar-refractivity contribution is 0.162. The Balaban J connectivity index is 1.70. The first-order valence-corrected chi connectivity index (χ1v) is 6.66. The van der Waals surface area contributed by atoms with Crippen LogP contribution in [0.4, 0.5) is 5.69 Å². The average Bonchev–Trinajstić information content (AvgIpc) is 2.40. The summed E-state index contributed by atoms with van der Waals surface area (Å²) in [5.74, 6) is 1.04. The van der Waals surface area contributed by atoms with Crippen molar-refractivity contribution in [2.24, 2.45) is 0 Å². The van der Waals surface area contributed by atoms with Crippen molar-refractivity contribution in [2.45, 2.75) is 31.8 Å². The number of aryl methyl sites for hydroxylation is 1. The molecule has 3 nitrogen and oxygen atoms in total. The maximum Gasteiger partial charge on any atom is 0.120 e. The van der Waals surface area contributed by atoms with Crippen molar-refractivity contribution >= 4 is 5.69 Å². The highest BCUT2D eigenvalue weighted by atomic mass is 16.5. The van der Waals surface area contributed by atoms with E-state index in [0.29, 0.717) is 6.10 Å². The molecule has 0 spiro atoms. The van der Waals surface area contributed by atoms with E-state index in [-0.39, 0.29) is 0 Å². The van der Waals surface area contributed by atoms with Crippen molar-refractivity contribution in [3.63, 3.8) is 0 Å². The van der Waals surface area contributed by atoms with Crippen LogP contribution in [-0.4, -0.2) is 25.7 Å². The SMILES string of the molecule is c1cc2c(cc1OC1CCNCC1)CCCN2. The second kappa shape index (κ2) is 4.96. The van der Waals surface area contributed by atoms with E-state index < -0.39 is 0 Å². The van der Waals surface area contributed by atoms with E-state index in [1.807, 2.05) is 0 Å². The van der Waals surface area contributed by atoms with Gasteiger partial charge in [0.2, 0.25) is 0 Å². The number of fused-ring (bicyclic) bond motifs is 1. The van der Waals surface area contributed by atoms with Gasteiger partial charge in [0.15, 0.2) is 0 Å². The van der Waals surface area contributed by atoms with Gasteiger partial charge in [-0.2, -0.15) is 0 Å². The molecule has 0 bridgehead atoms. The third kappa shape index (κ3) is 2.55. The molecule has 17 heavy (non-hydrogen) atoms. The number of nitrogens with one attached hydrogen (secondary N) is 2. The minimum absolute atomic E-state index is 0.394. The lowest BCUT2D eigenvalue weighted by atomic mass is 10.0. The first-order chi connectivity index (χ1) is 8.42. The number of piperidine rings is 1. The zero-order valence-corrected chi connectivity index (χ0v) is 10.2. The van der Waals surface area contributed by atoms with Crippen LogP contribution in [0.25, 0.3) is 0 Å². The summed E-state index contributed by atoms with van der Waals surface area (Å²) in [6.07, 6.45) is 5.03. The molecule has 1 saturated heterocycles. The lowest BCUT2D eigenvalue weighted by Crippen LogP contribution is -2.34. The summed E-state index contributed by atoms with van der Waals surface area (Å²) >= 11 is 0. The zero-order valence-electron chi connectivity index (χ0n) is 10.2. The number of hydrogen-bond donors (Lipinski definition) is 2. The minimum Gasteiger partial charge on any atom is -0.490 e. The second-order valence-corrected chi connectivity index (χ2v) is 4.92. The van der Waals surface area contributed by atoms with Crippen molar-refractivity contribution in [3.05, 3.63) is 23.8 Å². The van der Waals surface area contributed by atoms with E-state index in [4.69, 9.17) is 4.74 Å². The van der Waals surface area contributed by atoms with Crippen LogP contribution in [0.2, 0.25) is 0 Å². The van der Waals surface area contributed by atoms with Gasteiger partial charge in [-0.1, -0.05) is 0 Å². The maximum absolute atomic E-state index is 6.05. The fourth-order valence-corrected chi connectivity index (χ4v) is 2.63. The second-order valence-electron chi connectivity index (χ2n) is 4.92. The molecule has 0 saturated carbocycles. The Hall–Kier alpha value is -1.22. The van der Waals surface area contributed by atoms with Crippen LogP contribution >= 0.6 is 0 Å². The molecule has 0 radical (unpaired) electrons. The van der Waals surface area contributed by atoms with Crippen molar-refractivity contribution in [2.75, 3.05) is 25.0 Å². The van der Waals surface area contributed by atoms with E-state index >= 15 is 0 Å². The summed E-state index contributed by atoms with van der Waals surface area (Å²) in [6.45, 7) is 3.26. The van der Waals surface area contributed by atoms with Crippen molar-refractivity contribution in [1.82, 2.24) is 5.32 Å². The molecule has 2 aliphatic heterocycles. The number of benzene rings is 1. The normalized spacial score (nSPS) is 20.5. The summed E-state index contributed by atoms with van der Waals surface area (Å²) in [5.41, 5.74) is 2.69. The van der Waals surface area contributed by atoms with Crippen LogP contribution in [0.15, 0.2) is 18.2 Å². The number of hydrogen-bond acceptors (Lipinski definition) is 3. The van der Waals surface area contributed by atoms with Gasteiger partial charge in [0.1, 0.15) is 11.9 Å². The molecule has 2 heterocycles. The summed E-state index contributed by atoms with van der Waals surface area (Å²) in [6, 6.07) is 6.47. The largest absolute Gasteiger partial charge is 0.490 e. The third-order valence-corrected chi connectivity index (χ3v) is 3.60. The van der Waals surface area contributed by atoms with Crippen LogP contribution < -0.4 is 15.4 Å². The molecule has 1 aromatic rings. The smallest absolute Gasteiger partial charge is 0.120 e. The highest BCUT2D eigenvalue weighted by Gasteiger charge is 2.15. The van der Waals surface area contributed by atoms with Gasteiger partial charge in [-0.05, 0) is 62.5 Å². The highest BCUT2D eigenvalue weighted by Crippen LogP contribution is 2.27. The Labute approximate surface area is 103 Å². The van der Waals surface area contributed by atoms with Gasteiger partial charge in [0.25, 0.3) is 0 Å². The van der Waals surface area contributed by atoms with Gasteiger partial charge >= 0.3 is 0 Å². The Morgan fingerprint density at radius 2 is 2.00 bits per heavy atom. The molecule has 0 unspecified atom stereocenters. The van der Waals surface area contributed by atoms with E-state index in [1.165, 1.54) is 24.1 Å². The number of anilines is 1. The first kappa shape index (κ1) is 10.9. The molecular weight excluding hydrogens is 212 g/mol. The maximum atomic E-state index is 6.05. The van der Waals surface area contributed by atoms with Gasteiger partial charge in [0, 0.05) is 12.2 Å². The van der Waals surface area contributed by atoms with Gasteiger partial charge in [-0.25, -0.2) is 0 Å². The molecule has 2 aliphatic rings. The van der Waals surface area contributed by atoms with Crippen LogP contribution in [0.5, 0.6) is 5.75 Å². The summed E-state index contributed by atoms with van der Waals surface area (Å²) < 4.78 is 6.05. The van der Waals surface area contributed by atoms with Crippen molar-refractivity contribution < 1.29 is 4.74 Å². The third-order valence-electron chi connectivity index (χ3n) is 3.60. The van der Waals surface area contributed by atoms with Crippen molar-refractivity contribution in [3.8, 4) is 5.75 Å². The van der Waals surface area contributed by atoms with Crippen LogP contribution in [0.1, 0.15) is 24.8 Å². The molecule has 1 aromatic carbocycles. The monoisotopic (exact) mass is 232 g/mol. The Kier molecular flexibility index (Phi) is 3.18. The average molecular weight is 232 g/mol. The quantitative estimate of drug-likeness (QED) is 0.820. The summed E-state index contributed by atoms with van der Waals surface area (Å²) in [4.78, 5) is 0. The van der Waals surface area contributed by atoms with Crippen LogP contribution in [0, 0.1) is 0 Å². The molecule has 0 amide bonds. The molecule has 0 aliphatic carbocycles. The summed E-state index contributed by atoms with van der Waals surface area (Å²) in [5, 5.41) is 6.79. The lowest BCUT2D eigenvalue weighted by Gasteiger charge is -2.25. The van der Waals surface area contributed by atoms with Crippen LogP contribution in [-0.2, 0) is 6.42 Å². The van der Waals surface area contributed by atoms with Gasteiger partial charge in [-0.3, -0.25) is 0 Å². The Bertz CT molecular complexity index is 386.